The molecule has 0 aromatic heterocycles. The first-order valence-electron chi connectivity index (χ1n) is 10.2. The van der Waals surface area contributed by atoms with Crippen LogP contribution in [-0.4, -0.2) is 27.1 Å². The number of rotatable bonds is 9. The molecule has 3 aromatic carbocycles. The molecule has 3 aromatic rings. The van der Waals surface area contributed by atoms with E-state index < -0.39 is 11.7 Å². The van der Waals surface area contributed by atoms with Gasteiger partial charge in [0.05, 0.1) is 26.9 Å². The third-order valence-electron chi connectivity index (χ3n) is 4.96. The van der Waals surface area contributed by atoms with Crippen LogP contribution in [0.1, 0.15) is 27.0 Å². The maximum Gasteiger partial charge on any atom is 0.416 e. The molecule has 0 aliphatic rings. The Morgan fingerprint density at radius 3 is 2.24 bits per heavy atom. The molecule has 0 N–H and O–H groups in total. The van der Waals surface area contributed by atoms with Gasteiger partial charge in [0.15, 0.2) is 17.3 Å². The molecule has 178 valence electrons. The van der Waals surface area contributed by atoms with Crippen molar-refractivity contribution in [3.05, 3.63) is 89.0 Å². The molecule has 0 spiro atoms. The number of ketones is 1. The monoisotopic (exact) mass is 472 g/mol. The number of benzene rings is 3. The highest BCUT2D eigenvalue weighted by Gasteiger charge is 2.30. The number of methoxy groups -OCH3 is 3. The predicted octanol–water partition coefficient (Wildman–Crippen LogP) is 6.21. The molecule has 8 heteroatoms. The largest absolute Gasteiger partial charge is 0.496 e. The molecular weight excluding hydrogens is 449 g/mol. The first-order chi connectivity index (χ1) is 16.2. The topological polar surface area (TPSA) is 54.0 Å². The van der Waals surface area contributed by atoms with Gasteiger partial charge in [0.25, 0.3) is 0 Å². The third kappa shape index (κ3) is 6.10. The van der Waals surface area contributed by atoms with E-state index in [4.69, 9.17) is 18.9 Å². The minimum absolute atomic E-state index is 0.0181. The van der Waals surface area contributed by atoms with Gasteiger partial charge in [-0.05, 0) is 60.2 Å². The zero-order valence-electron chi connectivity index (χ0n) is 18.8. The van der Waals surface area contributed by atoms with Crippen LogP contribution < -0.4 is 18.9 Å². The second-order valence-corrected chi connectivity index (χ2v) is 7.15. The summed E-state index contributed by atoms with van der Waals surface area (Å²) < 4.78 is 60.1. The highest BCUT2D eigenvalue weighted by Crippen LogP contribution is 2.32. The molecule has 0 bridgehead atoms. The number of hydrogen-bond acceptors (Lipinski definition) is 5. The summed E-state index contributed by atoms with van der Waals surface area (Å²) in [6.07, 6.45) is -1.41. The minimum Gasteiger partial charge on any atom is -0.496 e. The maximum absolute atomic E-state index is 12.9. The standard InChI is InChI=1S/C26H23F3O5/c1-31-23-11-8-17(7-10-22(30)18-9-12-24(32-2)25(14-18)33-3)13-19(23)16-34-21-6-4-5-20(15-21)26(27,28)29/h4-15H,16H2,1-3H3/b10-7+. The normalized spacial score (nSPS) is 11.4. The van der Waals surface area contributed by atoms with Gasteiger partial charge in [-0.25, -0.2) is 0 Å². The Kier molecular flexibility index (Phi) is 7.83. The van der Waals surface area contributed by atoms with Gasteiger partial charge in [-0.2, -0.15) is 13.2 Å². The Morgan fingerprint density at radius 1 is 0.853 bits per heavy atom. The summed E-state index contributed by atoms with van der Waals surface area (Å²) >= 11 is 0. The fraction of sp³-hybridized carbons (Fsp3) is 0.192. The molecule has 3 rings (SSSR count). The van der Waals surface area contributed by atoms with Gasteiger partial charge < -0.3 is 18.9 Å². The van der Waals surface area contributed by atoms with E-state index in [0.29, 0.717) is 33.9 Å². The van der Waals surface area contributed by atoms with Crippen molar-refractivity contribution in [1.82, 2.24) is 0 Å². The molecule has 0 aliphatic carbocycles. The number of ether oxygens (including phenoxy) is 4. The van der Waals surface area contributed by atoms with E-state index in [2.05, 4.69) is 0 Å². The van der Waals surface area contributed by atoms with E-state index in [1.807, 2.05) is 0 Å². The number of alkyl halides is 3. The summed E-state index contributed by atoms with van der Waals surface area (Å²) in [5.41, 5.74) is 0.940. The van der Waals surface area contributed by atoms with Gasteiger partial charge in [0.1, 0.15) is 18.1 Å². The molecule has 34 heavy (non-hydrogen) atoms. The number of allylic oxidation sites excluding steroid dienone is 1. The Bertz CT molecular complexity index is 1190. The molecule has 0 radical (unpaired) electrons. The third-order valence-corrected chi connectivity index (χ3v) is 4.96. The number of halogens is 3. The van der Waals surface area contributed by atoms with Crippen LogP contribution >= 0.6 is 0 Å². The predicted molar refractivity (Wildman–Crippen MR) is 122 cm³/mol. The van der Waals surface area contributed by atoms with Crippen molar-refractivity contribution < 1.29 is 36.9 Å². The lowest BCUT2D eigenvalue weighted by Gasteiger charge is -2.13. The Labute approximate surface area is 195 Å². The van der Waals surface area contributed by atoms with Crippen molar-refractivity contribution in [3.8, 4) is 23.0 Å². The number of hydrogen-bond donors (Lipinski definition) is 0. The van der Waals surface area contributed by atoms with Crippen molar-refractivity contribution in [1.29, 1.82) is 0 Å². The molecule has 0 atom stereocenters. The summed E-state index contributed by atoms with van der Waals surface area (Å²) in [6.45, 7) is -0.0181. The highest BCUT2D eigenvalue weighted by molar-refractivity contribution is 6.07. The van der Waals surface area contributed by atoms with Crippen molar-refractivity contribution in [2.45, 2.75) is 12.8 Å². The van der Waals surface area contributed by atoms with Gasteiger partial charge in [-0.1, -0.05) is 18.2 Å². The Morgan fingerprint density at radius 2 is 1.56 bits per heavy atom. The molecule has 0 saturated carbocycles. The summed E-state index contributed by atoms with van der Waals surface area (Å²) in [5, 5.41) is 0. The van der Waals surface area contributed by atoms with E-state index in [1.165, 1.54) is 39.5 Å². The van der Waals surface area contributed by atoms with E-state index in [1.54, 1.807) is 42.5 Å². The quantitative estimate of drug-likeness (QED) is 0.274. The maximum atomic E-state index is 12.9. The van der Waals surface area contributed by atoms with Crippen LogP contribution in [0.15, 0.2) is 66.7 Å². The van der Waals surface area contributed by atoms with Crippen LogP contribution in [0, 0.1) is 0 Å². The molecule has 0 fully saturated rings. The van der Waals surface area contributed by atoms with Gasteiger partial charge in [-0.3, -0.25) is 4.79 Å². The van der Waals surface area contributed by atoms with Crippen LogP contribution in [0.4, 0.5) is 13.2 Å². The molecule has 5 nitrogen and oxygen atoms in total. The Balaban J connectivity index is 1.76. The number of carbonyl (C=O) groups excluding carboxylic acids is 1. The smallest absolute Gasteiger partial charge is 0.416 e. The van der Waals surface area contributed by atoms with Gasteiger partial charge in [0.2, 0.25) is 0 Å². The lowest BCUT2D eigenvalue weighted by molar-refractivity contribution is -0.137. The summed E-state index contributed by atoms with van der Waals surface area (Å²) in [7, 11) is 4.48. The minimum atomic E-state index is -4.46. The molecule has 0 unspecified atom stereocenters. The van der Waals surface area contributed by atoms with E-state index >= 15 is 0 Å². The lowest BCUT2D eigenvalue weighted by Crippen LogP contribution is -2.05. The molecule has 0 aliphatic heterocycles. The summed E-state index contributed by atoms with van der Waals surface area (Å²) in [4.78, 5) is 12.6. The number of carbonyl (C=O) groups is 1. The van der Waals surface area contributed by atoms with Crippen LogP contribution in [0.3, 0.4) is 0 Å². The average Bonchev–Trinajstić information content (AvgIpc) is 2.85. The molecule has 0 saturated heterocycles. The fourth-order valence-corrected chi connectivity index (χ4v) is 3.20. The lowest BCUT2D eigenvalue weighted by atomic mass is 10.1. The first-order valence-corrected chi connectivity index (χ1v) is 10.2. The van der Waals surface area contributed by atoms with Crippen molar-refractivity contribution in [2.24, 2.45) is 0 Å². The second kappa shape index (κ2) is 10.8. The molecule has 0 heterocycles. The van der Waals surface area contributed by atoms with Crippen LogP contribution in [0.2, 0.25) is 0 Å². The van der Waals surface area contributed by atoms with Gasteiger partial charge in [0, 0.05) is 11.1 Å². The van der Waals surface area contributed by atoms with Crippen LogP contribution in [-0.2, 0) is 12.8 Å². The zero-order valence-corrected chi connectivity index (χ0v) is 18.8. The van der Waals surface area contributed by atoms with Gasteiger partial charge >= 0.3 is 6.18 Å². The van der Waals surface area contributed by atoms with Crippen LogP contribution in [0.5, 0.6) is 23.0 Å². The SMILES string of the molecule is COc1ccc(/C=C/C(=O)c2ccc(OC)c(OC)c2)cc1COc1cccc(C(F)(F)F)c1. The van der Waals surface area contributed by atoms with Crippen molar-refractivity contribution >= 4 is 11.9 Å². The molecule has 0 amide bonds. The van der Waals surface area contributed by atoms with Gasteiger partial charge in [-0.15, -0.1) is 0 Å². The summed E-state index contributed by atoms with van der Waals surface area (Å²) in [6, 6.07) is 14.7. The highest BCUT2D eigenvalue weighted by atomic mass is 19.4. The van der Waals surface area contributed by atoms with E-state index in [-0.39, 0.29) is 18.1 Å². The average molecular weight is 472 g/mol. The van der Waals surface area contributed by atoms with E-state index in [9.17, 15) is 18.0 Å². The summed E-state index contributed by atoms with van der Waals surface area (Å²) in [5.74, 6) is 1.32. The van der Waals surface area contributed by atoms with Crippen molar-refractivity contribution in [3.63, 3.8) is 0 Å². The fourth-order valence-electron chi connectivity index (χ4n) is 3.20. The second-order valence-electron chi connectivity index (χ2n) is 7.15. The van der Waals surface area contributed by atoms with Crippen LogP contribution in [0.25, 0.3) is 6.08 Å². The zero-order chi connectivity index (χ0) is 24.7. The van der Waals surface area contributed by atoms with E-state index in [0.717, 1.165) is 12.1 Å². The van der Waals surface area contributed by atoms with Crippen molar-refractivity contribution in [2.75, 3.05) is 21.3 Å². The Hall–Kier alpha value is -3.94. The first kappa shape index (κ1) is 24.7. The molecular formula is C26H23F3O5.